The number of thiocarbonyl (C=S) groups is 1. The molecule has 1 unspecified atom stereocenters. The third-order valence-electron chi connectivity index (χ3n) is 3.68. The summed E-state index contributed by atoms with van der Waals surface area (Å²) >= 11 is 6.96. The van der Waals surface area contributed by atoms with Gasteiger partial charge in [-0.15, -0.1) is 11.3 Å². The van der Waals surface area contributed by atoms with Crippen LogP contribution in [0.25, 0.3) is 0 Å². The smallest absolute Gasteiger partial charge is 0.340 e. The minimum absolute atomic E-state index is 0.124. The monoisotopic (exact) mass is 362 g/mol. The summed E-state index contributed by atoms with van der Waals surface area (Å²) in [4.78, 5) is 13.0. The SMILES string of the molecule is CCc1cc(C(=O)OC)c(NC(=S)NC(CC)c2ccccc2)s1. The van der Waals surface area contributed by atoms with E-state index in [2.05, 4.69) is 36.6 Å². The van der Waals surface area contributed by atoms with Crippen molar-refractivity contribution in [2.45, 2.75) is 32.7 Å². The van der Waals surface area contributed by atoms with Gasteiger partial charge in [0.15, 0.2) is 5.11 Å². The fraction of sp³-hybridized carbons (Fsp3) is 0.333. The maximum Gasteiger partial charge on any atom is 0.340 e. The van der Waals surface area contributed by atoms with Gasteiger partial charge in [-0.1, -0.05) is 44.2 Å². The Balaban J connectivity index is 2.11. The Morgan fingerprint density at radius 2 is 2.00 bits per heavy atom. The molecule has 1 atom stereocenters. The Labute approximate surface area is 152 Å². The Morgan fingerprint density at radius 1 is 1.29 bits per heavy atom. The van der Waals surface area contributed by atoms with Gasteiger partial charge in [0.05, 0.1) is 18.7 Å². The van der Waals surface area contributed by atoms with Gasteiger partial charge in [0.2, 0.25) is 0 Å². The normalized spacial score (nSPS) is 11.6. The van der Waals surface area contributed by atoms with Crippen molar-refractivity contribution in [1.29, 1.82) is 0 Å². The van der Waals surface area contributed by atoms with Crippen molar-refractivity contribution in [2.75, 3.05) is 12.4 Å². The highest BCUT2D eigenvalue weighted by Gasteiger charge is 2.18. The molecule has 0 aliphatic heterocycles. The van der Waals surface area contributed by atoms with Gasteiger partial charge in [-0.25, -0.2) is 4.79 Å². The predicted octanol–water partition coefficient (Wildman–Crippen LogP) is 4.53. The van der Waals surface area contributed by atoms with Crippen LogP contribution in [0.1, 0.15) is 47.1 Å². The molecular weight excluding hydrogens is 340 g/mol. The lowest BCUT2D eigenvalue weighted by Gasteiger charge is -2.19. The van der Waals surface area contributed by atoms with E-state index < -0.39 is 0 Å². The van der Waals surface area contributed by atoms with E-state index in [0.29, 0.717) is 10.7 Å². The first kappa shape index (κ1) is 18.4. The molecule has 0 spiro atoms. The van der Waals surface area contributed by atoms with E-state index in [-0.39, 0.29) is 12.0 Å². The highest BCUT2D eigenvalue weighted by Crippen LogP contribution is 2.29. The fourth-order valence-electron chi connectivity index (χ4n) is 2.37. The number of rotatable bonds is 6. The van der Waals surface area contributed by atoms with Crippen LogP contribution in [0.15, 0.2) is 36.4 Å². The number of thiophene rings is 1. The Morgan fingerprint density at radius 3 is 2.58 bits per heavy atom. The van der Waals surface area contributed by atoms with Crippen molar-refractivity contribution in [3.8, 4) is 0 Å². The molecule has 0 bridgehead atoms. The summed E-state index contributed by atoms with van der Waals surface area (Å²) in [6.45, 7) is 4.16. The zero-order valence-corrected chi connectivity index (χ0v) is 15.7. The molecule has 0 aliphatic carbocycles. The fourth-order valence-corrected chi connectivity index (χ4v) is 3.67. The standard InChI is InChI=1S/C18H22N2O2S2/c1-4-13-11-14(17(21)22-3)16(24-13)20-18(23)19-15(5-2)12-9-7-6-8-10-12/h6-11,15H,4-5H2,1-3H3,(H2,19,20,23). The van der Waals surface area contributed by atoms with E-state index in [1.165, 1.54) is 24.0 Å². The number of benzene rings is 1. The van der Waals surface area contributed by atoms with Gasteiger partial charge < -0.3 is 15.4 Å². The quantitative estimate of drug-likeness (QED) is 0.584. The van der Waals surface area contributed by atoms with E-state index in [9.17, 15) is 4.79 Å². The summed E-state index contributed by atoms with van der Waals surface area (Å²) in [5.41, 5.74) is 1.70. The van der Waals surface area contributed by atoms with Crippen LogP contribution in [-0.4, -0.2) is 18.2 Å². The van der Waals surface area contributed by atoms with Crippen LogP contribution in [0, 0.1) is 0 Å². The highest BCUT2D eigenvalue weighted by atomic mass is 32.1. The van der Waals surface area contributed by atoms with Gasteiger partial charge in [-0.05, 0) is 36.7 Å². The van der Waals surface area contributed by atoms with E-state index >= 15 is 0 Å². The van der Waals surface area contributed by atoms with E-state index in [0.717, 1.165) is 22.7 Å². The average Bonchev–Trinajstić information content (AvgIpc) is 3.02. The Kier molecular flexibility index (Phi) is 6.75. The summed E-state index contributed by atoms with van der Waals surface area (Å²) in [7, 11) is 1.38. The Bertz CT molecular complexity index is 698. The number of esters is 1. The van der Waals surface area contributed by atoms with Crippen LogP contribution in [0.4, 0.5) is 5.00 Å². The van der Waals surface area contributed by atoms with E-state index in [1.807, 2.05) is 24.3 Å². The molecule has 1 aromatic heterocycles. The lowest BCUT2D eigenvalue weighted by Crippen LogP contribution is -2.32. The van der Waals surface area contributed by atoms with Crippen LogP contribution in [0.3, 0.4) is 0 Å². The van der Waals surface area contributed by atoms with Crippen LogP contribution in [0.2, 0.25) is 0 Å². The number of carbonyl (C=O) groups is 1. The van der Waals surface area contributed by atoms with E-state index in [4.69, 9.17) is 17.0 Å². The van der Waals surface area contributed by atoms with Gasteiger partial charge >= 0.3 is 5.97 Å². The molecule has 2 rings (SSSR count). The summed E-state index contributed by atoms with van der Waals surface area (Å²) < 4.78 is 4.85. The number of nitrogens with one attached hydrogen (secondary N) is 2. The van der Waals surface area contributed by atoms with Crippen molar-refractivity contribution < 1.29 is 9.53 Å². The average molecular weight is 363 g/mol. The maximum absolute atomic E-state index is 11.9. The second-order valence-electron chi connectivity index (χ2n) is 5.27. The van der Waals surface area contributed by atoms with Crippen molar-refractivity contribution >= 4 is 39.6 Å². The zero-order chi connectivity index (χ0) is 17.5. The van der Waals surface area contributed by atoms with Crippen LogP contribution in [0.5, 0.6) is 0 Å². The summed E-state index contributed by atoms with van der Waals surface area (Å²) in [5.74, 6) is -0.355. The largest absolute Gasteiger partial charge is 0.465 e. The topological polar surface area (TPSA) is 50.4 Å². The number of anilines is 1. The first-order chi connectivity index (χ1) is 11.6. The second kappa shape index (κ2) is 8.80. The number of hydrogen-bond acceptors (Lipinski definition) is 4. The van der Waals surface area contributed by atoms with Gasteiger partial charge in [0, 0.05) is 4.88 Å². The maximum atomic E-state index is 11.9. The molecule has 0 fully saturated rings. The minimum Gasteiger partial charge on any atom is -0.465 e. The molecule has 0 aliphatic rings. The lowest BCUT2D eigenvalue weighted by molar-refractivity contribution is 0.0602. The Hall–Kier alpha value is -1.92. The molecule has 0 radical (unpaired) electrons. The number of carbonyl (C=O) groups excluding carboxylic acids is 1. The molecule has 2 aromatic rings. The predicted molar refractivity (Wildman–Crippen MR) is 104 cm³/mol. The molecular formula is C18H22N2O2S2. The molecule has 128 valence electrons. The van der Waals surface area contributed by atoms with Crippen molar-refractivity contribution in [2.24, 2.45) is 0 Å². The summed E-state index contributed by atoms with van der Waals surface area (Å²) in [6, 6.07) is 12.1. The summed E-state index contributed by atoms with van der Waals surface area (Å²) in [5, 5.41) is 7.69. The minimum atomic E-state index is -0.355. The first-order valence-corrected chi connectivity index (χ1v) is 9.15. The van der Waals surface area contributed by atoms with Gasteiger partial charge in [-0.3, -0.25) is 0 Å². The van der Waals surface area contributed by atoms with Crippen LogP contribution >= 0.6 is 23.6 Å². The number of ether oxygens (including phenoxy) is 1. The number of aryl methyl sites for hydroxylation is 1. The van der Waals surface area contributed by atoms with Gasteiger partial charge in [0.1, 0.15) is 5.00 Å². The van der Waals surface area contributed by atoms with Crippen molar-refractivity contribution in [3.63, 3.8) is 0 Å². The molecule has 0 saturated heterocycles. The number of methoxy groups -OCH3 is 1. The van der Waals surface area contributed by atoms with Gasteiger partial charge in [0.25, 0.3) is 0 Å². The highest BCUT2D eigenvalue weighted by molar-refractivity contribution is 7.80. The first-order valence-electron chi connectivity index (χ1n) is 7.92. The number of hydrogen-bond donors (Lipinski definition) is 2. The van der Waals surface area contributed by atoms with Crippen molar-refractivity contribution in [1.82, 2.24) is 5.32 Å². The van der Waals surface area contributed by atoms with Gasteiger partial charge in [-0.2, -0.15) is 0 Å². The summed E-state index contributed by atoms with van der Waals surface area (Å²) in [6.07, 6.45) is 1.76. The molecule has 1 aromatic carbocycles. The molecule has 2 N–H and O–H groups in total. The molecule has 24 heavy (non-hydrogen) atoms. The second-order valence-corrected chi connectivity index (χ2v) is 6.82. The zero-order valence-electron chi connectivity index (χ0n) is 14.1. The molecule has 0 saturated carbocycles. The molecule has 6 heteroatoms. The van der Waals surface area contributed by atoms with Crippen LogP contribution in [-0.2, 0) is 11.2 Å². The third kappa shape index (κ3) is 4.55. The van der Waals surface area contributed by atoms with E-state index in [1.54, 1.807) is 0 Å². The lowest BCUT2D eigenvalue weighted by atomic mass is 10.1. The van der Waals surface area contributed by atoms with Crippen LogP contribution < -0.4 is 10.6 Å². The third-order valence-corrected chi connectivity index (χ3v) is 5.09. The molecule has 0 amide bonds. The van der Waals surface area contributed by atoms with Crippen molar-refractivity contribution in [3.05, 3.63) is 52.4 Å². The molecule has 4 nitrogen and oxygen atoms in total. The molecule has 1 heterocycles.